The Balaban J connectivity index is 1.26. The topological polar surface area (TPSA) is 26.7 Å². The van der Waals surface area contributed by atoms with Crippen LogP contribution < -0.4 is 0 Å². The zero-order valence-corrected chi connectivity index (χ0v) is 21.1. The predicted octanol–water partition coefficient (Wildman–Crippen LogP) is 6.07. The van der Waals surface area contributed by atoms with Crippen LogP contribution in [0.25, 0.3) is 0 Å². The number of phenolic OH excluding ortho intramolecular Hbond substituents is 1. The van der Waals surface area contributed by atoms with E-state index < -0.39 is 12.2 Å². The van der Waals surface area contributed by atoms with Crippen molar-refractivity contribution >= 4 is 0 Å². The average Bonchev–Trinajstić information content (AvgIpc) is 3.57. The van der Waals surface area contributed by atoms with Crippen LogP contribution in [0.4, 0.5) is 13.2 Å². The monoisotopic (exact) mass is 508 g/mol. The molecule has 2 aliphatic heterocycles. The third-order valence-corrected chi connectivity index (χ3v) is 11.6. The number of benzene rings is 2. The van der Waals surface area contributed by atoms with Gasteiger partial charge in [-0.2, -0.15) is 13.2 Å². The van der Waals surface area contributed by atoms with E-state index in [1.807, 2.05) is 17.0 Å². The lowest BCUT2D eigenvalue weighted by molar-refractivity contribution is -0.197. The highest BCUT2D eigenvalue weighted by atomic mass is 19.4. The van der Waals surface area contributed by atoms with Gasteiger partial charge in [0, 0.05) is 30.6 Å². The van der Waals surface area contributed by atoms with Crippen molar-refractivity contribution in [3.05, 3.63) is 65.2 Å². The maximum atomic E-state index is 14.7. The van der Waals surface area contributed by atoms with Crippen molar-refractivity contribution in [2.24, 2.45) is 23.2 Å². The van der Waals surface area contributed by atoms with E-state index in [4.69, 9.17) is 0 Å². The average molecular weight is 509 g/mol. The molecule has 0 radical (unpaired) electrons. The summed E-state index contributed by atoms with van der Waals surface area (Å²) in [4.78, 5) is 4.64. The van der Waals surface area contributed by atoms with Gasteiger partial charge in [0.15, 0.2) is 0 Å². The van der Waals surface area contributed by atoms with E-state index in [0.29, 0.717) is 23.9 Å². The summed E-state index contributed by atoms with van der Waals surface area (Å²) in [6.07, 6.45) is 3.29. The van der Waals surface area contributed by atoms with Crippen LogP contribution in [0.5, 0.6) is 5.75 Å². The number of piperidine rings is 1. The Hall–Kier alpha value is -2.05. The van der Waals surface area contributed by atoms with Gasteiger partial charge in [-0.1, -0.05) is 36.4 Å². The molecule has 2 aromatic rings. The second-order valence-electron chi connectivity index (χ2n) is 13.0. The second-order valence-corrected chi connectivity index (χ2v) is 13.0. The van der Waals surface area contributed by atoms with Gasteiger partial charge in [0.05, 0.1) is 0 Å². The standard InChI is InChI=1S/C31H35F3N2O/c32-31(33,34)28(20-4-2-1-3-5-20)36-18-22-16-29-11-10-25(36)27(22)30(29)12-13-35(17-19-6-7-19)26(29)14-21-8-9-23(37)15-24(21)30/h1-5,8-9,15,19,22,25-28,37H,6-7,10-14,16-18H2/t22-,25?,26?,27?,28?,29?,30?/m1/s1. The number of nitrogens with zero attached hydrogens (tertiary/aromatic N) is 2. The fourth-order valence-electron chi connectivity index (χ4n) is 10.5. The lowest BCUT2D eigenvalue weighted by Gasteiger charge is -2.67. The van der Waals surface area contributed by atoms with E-state index >= 15 is 0 Å². The quantitative estimate of drug-likeness (QED) is 0.543. The normalized spacial score (nSPS) is 39.3. The first-order valence-corrected chi connectivity index (χ1v) is 14.3. The molecule has 5 fully saturated rings. The zero-order chi connectivity index (χ0) is 25.2. The van der Waals surface area contributed by atoms with Gasteiger partial charge in [0.25, 0.3) is 0 Å². The predicted molar refractivity (Wildman–Crippen MR) is 135 cm³/mol. The molecule has 0 aromatic heterocycles. The van der Waals surface area contributed by atoms with Gasteiger partial charge in [-0.05, 0) is 103 Å². The molecule has 4 bridgehead atoms. The van der Waals surface area contributed by atoms with Crippen LogP contribution in [-0.4, -0.2) is 52.8 Å². The minimum Gasteiger partial charge on any atom is -0.508 e. The molecule has 6 unspecified atom stereocenters. The van der Waals surface area contributed by atoms with Crippen LogP contribution in [0.2, 0.25) is 0 Å². The van der Waals surface area contributed by atoms with Crippen LogP contribution >= 0.6 is 0 Å². The van der Waals surface area contributed by atoms with Gasteiger partial charge in [-0.25, -0.2) is 0 Å². The van der Waals surface area contributed by atoms with Crippen molar-refractivity contribution in [1.82, 2.24) is 9.80 Å². The Morgan fingerprint density at radius 1 is 1.03 bits per heavy atom. The molecule has 6 heteroatoms. The molecule has 7 atom stereocenters. The van der Waals surface area contributed by atoms with Gasteiger partial charge < -0.3 is 5.11 Å². The van der Waals surface area contributed by atoms with Gasteiger partial charge in [-0.3, -0.25) is 9.80 Å². The minimum absolute atomic E-state index is 0.0728. The van der Waals surface area contributed by atoms with E-state index in [-0.39, 0.29) is 28.7 Å². The van der Waals surface area contributed by atoms with Crippen molar-refractivity contribution < 1.29 is 18.3 Å². The number of rotatable bonds is 4. The summed E-state index contributed by atoms with van der Waals surface area (Å²) in [5.74, 6) is 1.63. The van der Waals surface area contributed by atoms with E-state index in [1.54, 1.807) is 30.3 Å². The Morgan fingerprint density at radius 3 is 2.59 bits per heavy atom. The van der Waals surface area contributed by atoms with Crippen LogP contribution in [0, 0.1) is 23.2 Å². The molecule has 4 aliphatic carbocycles. The Bertz CT molecular complexity index is 1230. The fourth-order valence-corrected chi connectivity index (χ4v) is 10.5. The minimum atomic E-state index is -4.31. The van der Waals surface area contributed by atoms with Crippen molar-refractivity contribution in [1.29, 1.82) is 0 Å². The molecule has 37 heavy (non-hydrogen) atoms. The molecule has 0 amide bonds. The number of halogens is 3. The summed E-state index contributed by atoms with van der Waals surface area (Å²) in [5, 5.41) is 10.6. The maximum absolute atomic E-state index is 14.7. The number of phenols is 1. The molecule has 3 saturated carbocycles. The van der Waals surface area contributed by atoms with Gasteiger partial charge >= 0.3 is 6.18 Å². The second kappa shape index (κ2) is 7.53. The summed E-state index contributed by atoms with van der Waals surface area (Å²) < 4.78 is 44.2. The highest BCUT2D eigenvalue weighted by Crippen LogP contribution is 2.76. The number of fused-ring (bicyclic) bond motifs is 1. The van der Waals surface area contributed by atoms with E-state index in [0.717, 1.165) is 44.6 Å². The van der Waals surface area contributed by atoms with E-state index in [9.17, 15) is 18.3 Å². The Kier molecular flexibility index (Phi) is 4.66. The lowest BCUT2D eigenvalue weighted by Crippen LogP contribution is -2.70. The highest BCUT2D eigenvalue weighted by molar-refractivity contribution is 5.51. The zero-order valence-electron chi connectivity index (χ0n) is 21.1. The molecule has 1 N–H and O–H groups in total. The summed E-state index contributed by atoms with van der Waals surface area (Å²) in [6.45, 7) is 2.75. The Labute approximate surface area is 216 Å². The van der Waals surface area contributed by atoms with Crippen molar-refractivity contribution in [2.45, 2.75) is 74.7 Å². The van der Waals surface area contributed by atoms with E-state index in [2.05, 4.69) is 11.0 Å². The largest absolute Gasteiger partial charge is 0.508 e. The summed E-state index contributed by atoms with van der Waals surface area (Å²) in [7, 11) is 0. The van der Waals surface area contributed by atoms with Crippen LogP contribution in [0.15, 0.2) is 48.5 Å². The number of alkyl halides is 3. The van der Waals surface area contributed by atoms with Crippen molar-refractivity contribution in [3.8, 4) is 5.75 Å². The van der Waals surface area contributed by atoms with Gasteiger partial charge in [-0.15, -0.1) is 0 Å². The number of hydrogen-bond acceptors (Lipinski definition) is 3. The van der Waals surface area contributed by atoms with Crippen LogP contribution in [0.3, 0.4) is 0 Å². The number of hydrogen-bond donors (Lipinski definition) is 1. The van der Waals surface area contributed by atoms with Gasteiger partial charge in [0.1, 0.15) is 11.8 Å². The van der Waals surface area contributed by atoms with Crippen LogP contribution in [0.1, 0.15) is 61.3 Å². The van der Waals surface area contributed by atoms with Crippen LogP contribution in [-0.2, 0) is 11.8 Å². The number of likely N-dealkylation sites (tertiary alicyclic amines) is 2. The third-order valence-electron chi connectivity index (χ3n) is 11.6. The summed E-state index contributed by atoms with van der Waals surface area (Å²) in [5.41, 5.74) is 2.97. The first-order valence-electron chi connectivity index (χ1n) is 14.3. The molecule has 2 saturated heterocycles. The first-order chi connectivity index (χ1) is 17.8. The molecule has 2 heterocycles. The summed E-state index contributed by atoms with van der Waals surface area (Å²) in [6, 6.07) is 13.3. The lowest BCUT2D eigenvalue weighted by atomic mass is 9.43. The first kappa shape index (κ1) is 22.9. The molecular formula is C31H35F3N2O. The smallest absolute Gasteiger partial charge is 0.408 e. The molecule has 8 rings (SSSR count). The number of aromatic hydroxyl groups is 1. The molecule has 0 spiro atoms. The fraction of sp³-hybridized carbons (Fsp3) is 0.613. The van der Waals surface area contributed by atoms with Crippen molar-refractivity contribution in [2.75, 3.05) is 19.6 Å². The third kappa shape index (κ3) is 2.97. The maximum Gasteiger partial charge on any atom is 0.408 e. The Morgan fingerprint density at radius 2 is 1.84 bits per heavy atom. The highest BCUT2D eigenvalue weighted by Gasteiger charge is 2.76. The van der Waals surface area contributed by atoms with Crippen molar-refractivity contribution in [3.63, 3.8) is 0 Å². The molecule has 2 aromatic carbocycles. The molecule has 6 aliphatic rings. The SMILES string of the molecule is Oc1ccc2c(c1)C13CCN(CC4CC4)C(C2)C12CCC1C3[C@@H](CN1C(c1ccccc1)C(F)(F)F)C2. The molecule has 3 nitrogen and oxygen atoms in total. The molecular weight excluding hydrogens is 473 g/mol. The summed E-state index contributed by atoms with van der Waals surface area (Å²) >= 11 is 0. The molecule has 196 valence electrons. The van der Waals surface area contributed by atoms with Gasteiger partial charge in [0.2, 0.25) is 0 Å². The van der Waals surface area contributed by atoms with E-state index in [1.165, 1.54) is 30.5 Å².